The molecule has 1 aromatic carbocycles. The van der Waals surface area contributed by atoms with E-state index >= 15 is 0 Å². The van der Waals surface area contributed by atoms with Gasteiger partial charge in [-0.2, -0.15) is 0 Å². The Kier molecular flexibility index (Phi) is 2.82. The Morgan fingerprint density at radius 2 is 2.11 bits per heavy atom. The number of aromatic amines is 1. The van der Waals surface area contributed by atoms with E-state index in [-0.39, 0.29) is 13.0 Å². The van der Waals surface area contributed by atoms with E-state index in [9.17, 15) is 8.78 Å². The molecule has 1 fully saturated rings. The molecule has 0 bridgehead atoms. The van der Waals surface area contributed by atoms with Gasteiger partial charge in [-0.05, 0) is 18.1 Å². The van der Waals surface area contributed by atoms with Gasteiger partial charge in [-0.3, -0.25) is 4.90 Å². The average Bonchev–Trinajstić information content (AvgIpc) is 2.90. The lowest BCUT2D eigenvalue weighted by Gasteiger charge is -2.14. The molecular weight excluding hydrogens is 234 g/mol. The highest BCUT2D eigenvalue weighted by atomic mass is 19.3. The van der Waals surface area contributed by atoms with Crippen LogP contribution in [0.4, 0.5) is 8.78 Å². The van der Waals surface area contributed by atoms with E-state index in [2.05, 4.69) is 11.1 Å². The molecule has 0 spiro atoms. The molecule has 2 heterocycles. The third kappa shape index (κ3) is 2.25. The van der Waals surface area contributed by atoms with E-state index in [1.807, 2.05) is 29.3 Å². The maximum atomic E-state index is 13.1. The highest BCUT2D eigenvalue weighted by molar-refractivity contribution is 5.83. The van der Waals surface area contributed by atoms with Gasteiger partial charge in [0.2, 0.25) is 0 Å². The van der Waals surface area contributed by atoms with Crippen molar-refractivity contribution in [1.29, 1.82) is 0 Å². The van der Waals surface area contributed by atoms with Crippen molar-refractivity contribution < 1.29 is 8.78 Å². The molecule has 4 heteroatoms. The van der Waals surface area contributed by atoms with Crippen LogP contribution in [0.2, 0.25) is 0 Å². The molecule has 1 aliphatic heterocycles. The molecule has 96 valence electrons. The number of halogens is 2. The molecule has 0 aliphatic carbocycles. The Balaban J connectivity index is 1.67. The van der Waals surface area contributed by atoms with Gasteiger partial charge in [0.15, 0.2) is 0 Å². The van der Waals surface area contributed by atoms with E-state index < -0.39 is 5.92 Å². The second-order valence-electron chi connectivity index (χ2n) is 4.99. The van der Waals surface area contributed by atoms with Crippen LogP contribution < -0.4 is 0 Å². The fourth-order valence-corrected chi connectivity index (χ4v) is 2.61. The zero-order valence-corrected chi connectivity index (χ0v) is 10.1. The predicted octanol–water partition coefficient (Wildman–Crippen LogP) is 3.05. The molecule has 0 atom stereocenters. The lowest BCUT2D eigenvalue weighted by Crippen LogP contribution is -2.27. The summed E-state index contributed by atoms with van der Waals surface area (Å²) in [6.45, 7) is 1.13. The van der Waals surface area contributed by atoms with E-state index in [1.54, 1.807) is 0 Å². The van der Waals surface area contributed by atoms with Crippen molar-refractivity contribution in [3.63, 3.8) is 0 Å². The van der Waals surface area contributed by atoms with E-state index in [0.29, 0.717) is 13.1 Å². The van der Waals surface area contributed by atoms with Crippen LogP contribution in [0.5, 0.6) is 0 Å². The molecule has 0 radical (unpaired) electrons. The van der Waals surface area contributed by atoms with Gasteiger partial charge in [0.05, 0.1) is 6.54 Å². The number of H-pyrrole nitrogens is 1. The summed E-state index contributed by atoms with van der Waals surface area (Å²) in [6.07, 6.45) is 2.81. The number of nitrogens with one attached hydrogen (secondary N) is 1. The summed E-state index contributed by atoms with van der Waals surface area (Å²) in [6, 6.07) is 8.09. The summed E-state index contributed by atoms with van der Waals surface area (Å²) < 4.78 is 26.1. The molecular formula is C14H16F2N2. The number of nitrogens with zero attached hydrogens (tertiary/aromatic N) is 1. The topological polar surface area (TPSA) is 19.0 Å². The molecule has 3 rings (SSSR count). The van der Waals surface area contributed by atoms with Crippen LogP contribution in [0.1, 0.15) is 12.0 Å². The molecule has 0 amide bonds. The highest BCUT2D eigenvalue weighted by Gasteiger charge is 2.37. The summed E-state index contributed by atoms with van der Waals surface area (Å²) in [7, 11) is 0. The Labute approximate surface area is 105 Å². The summed E-state index contributed by atoms with van der Waals surface area (Å²) in [5, 5.41) is 1.20. The minimum atomic E-state index is -2.49. The Hall–Kier alpha value is -1.42. The van der Waals surface area contributed by atoms with Gasteiger partial charge >= 0.3 is 0 Å². The van der Waals surface area contributed by atoms with Crippen LogP contribution in [0, 0.1) is 0 Å². The number of benzene rings is 1. The van der Waals surface area contributed by atoms with Gasteiger partial charge in [0.1, 0.15) is 0 Å². The van der Waals surface area contributed by atoms with Crippen LogP contribution in [0.25, 0.3) is 10.9 Å². The number of para-hydroxylation sites is 1. The predicted molar refractivity (Wildman–Crippen MR) is 68.0 cm³/mol. The Morgan fingerprint density at radius 1 is 1.28 bits per heavy atom. The first-order chi connectivity index (χ1) is 8.64. The van der Waals surface area contributed by atoms with Crippen molar-refractivity contribution in [2.24, 2.45) is 0 Å². The highest BCUT2D eigenvalue weighted by Crippen LogP contribution is 2.27. The number of aromatic nitrogens is 1. The minimum absolute atomic E-state index is 0.000878. The maximum absolute atomic E-state index is 13.1. The van der Waals surface area contributed by atoms with Gasteiger partial charge < -0.3 is 4.98 Å². The normalized spacial score (nSPS) is 19.7. The second-order valence-corrected chi connectivity index (χ2v) is 4.99. The number of fused-ring (bicyclic) bond motifs is 1. The first kappa shape index (κ1) is 11.7. The molecule has 1 N–H and O–H groups in total. The zero-order valence-electron chi connectivity index (χ0n) is 10.1. The molecule has 1 aromatic heterocycles. The van der Waals surface area contributed by atoms with Crippen molar-refractivity contribution >= 4 is 10.9 Å². The van der Waals surface area contributed by atoms with Gasteiger partial charge in [-0.25, -0.2) is 8.78 Å². The third-order valence-electron chi connectivity index (χ3n) is 3.62. The fraction of sp³-hybridized carbons (Fsp3) is 0.429. The molecule has 1 aliphatic rings. The standard InChI is InChI=1S/C14H16F2N2/c15-14(16)6-8-18(10-14)7-5-11-9-17-13-4-2-1-3-12(11)13/h1-4,9,17H,5-8,10H2. The van der Waals surface area contributed by atoms with Crippen LogP contribution in [-0.4, -0.2) is 35.4 Å². The first-order valence-electron chi connectivity index (χ1n) is 6.29. The molecule has 2 nitrogen and oxygen atoms in total. The van der Waals surface area contributed by atoms with Crippen molar-refractivity contribution in [3.05, 3.63) is 36.0 Å². The SMILES string of the molecule is FC1(F)CCN(CCc2c[nH]c3ccccc23)C1. The summed E-state index contributed by atoms with van der Waals surface area (Å²) >= 11 is 0. The lowest BCUT2D eigenvalue weighted by molar-refractivity contribution is 0.0123. The quantitative estimate of drug-likeness (QED) is 0.887. The molecule has 0 saturated carbocycles. The van der Waals surface area contributed by atoms with Crippen molar-refractivity contribution in [2.45, 2.75) is 18.8 Å². The maximum Gasteiger partial charge on any atom is 0.261 e. The van der Waals surface area contributed by atoms with Gasteiger partial charge in [-0.15, -0.1) is 0 Å². The van der Waals surface area contributed by atoms with Gasteiger partial charge in [0.25, 0.3) is 5.92 Å². The van der Waals surface area contributed by atoms with E-state index in [0.717, 1.165) is 11.9 Å². The number of alkyl halides is 2. The summed E-state index contributed by atoms with van der Waals surface area (Å²) in [5.41, 5.74) is 2.32. The van der Waals surface area contributed by atoms with Crippen molar-refractivity contribution in [1.82, 2.24) is 9.88 Å². The van der Waals surface area contributed by atoms with Gasteiger partial charge in [0, 0.05) is 36.6 Å². The average molecular weight is 250 g/mol. The third-order valence-corrected chi connectivity index (χ3v) is 3.62. The van der Waals surface area contributed by atoms with Crippen LogP contribution in [0.3, 0.4) is 0 Å². The van der Waals surface area contributed by atoms with Crippen LogP contribution in [0.15, 0.2) is 30.5 Å². The van der Waals surface area contributed by atoms with Crippen LogP contribution in [-0.2, 0) is 6.42 Å². The number of hydrogen-bond acceptors (Lipinski definition) is 1. The smallest absolute Gasteiger partial charge is 0.261 e. The Bertz CT molecular complexity index is 547. The molecule has 18 heavy (non-hydrogen) atoms. The van der Waals surface area contributed by atoms with Crippen LogP contribution >= 0.6 is 0 Å². The van der Waals surface area contributed by atoms with E-state index in [4.69, 9.17) is 0 Å². The number of hydrogen-bond donors (Lipinski definition) is 1. The fourth-order valence-electron chi connectivity index (χ4n) is 2.61. The number of likely N-dealkylation sites (tertiary alicyclic amines) is 1. The number of rotatable bonds is 3. The van der Waals surface area contributed by atoms with E-state index in [1.165, 1.54) is 10.9 Å². The van der Waals surface area contributed by atoms with Gasteiger partial charge in [-0.1, -0.05) is 18.2 Å². The van der Waals surface area contributed by atoms with Crippen molar-refractivity contribution in [3.8, 4) is 0 Å². The molecule has 2 aromatic rings. The second kappa shape index (κ2) is 4.35. The largest absolute Gasteiger partial charge is 0.361 e. The lowest BCUT2D eigenvalue weighted by atomic mass is 10.1. The summed E-state index contributed by atoms with van der Waals surface area (Å²) in [4.78, 5) is 5.06. The first-order valence-corrected chi connectivity index (χ1v) is 6.29. The molecule has 1 saturated heterocycles. The van der Waals surface area contributed by atoms with Crippen molar-refractivity contribution in [2.75, 3.05) is 19.6 Å². The molecule has 0 unspecified atom stereocenters. The Morgan fingerprint density at radius 3 is 2.89 bits per heavy atom. The monoisotopic (exact) mass is 250 g/mol. The minimum Gasteiger partial charge on any atom is -0.361 e. The zero-order chi connectivity index (χ0) is 12.6. The summed E-state index contributed by atoms with van der Waals surface area (Å²) in [5.74, 6) is -2.49.